The zero-order valence-corrected chi connectivity index (χ0v) is 23.6. The number of H-pyrrole nitrogens is 1. The van der Waals surface area contributed by atoms with Gasteiger partial charge in [-0.05, 0) is 61.2 Å². The van der Waals surface area contributed by atoms with Crippen molar-refractivity contribution in [1.29, 1.82) is 0 Å². The molecule has 0 aliphatic carbocycles. The number of nitrogens with zero attached hydrogens (tertiary/aromatic N) is 4. The lowest BCUT2D eigenvalue weighted by Gasteiger charge is -2.32. The topological polar surface area (TPSA) is 66.8 Å². The SMILES string of the molecule is Cc1ccc2nc(-c3ccc(CN4CCC(n5c(=O)[nH]c6cc(Cl)ccc65)CC4)cc3)c(-c3ccccc3)nc2c1. The van der Waals surface area contributed by atoms with Crippen molar-refractivity contribution in [2.75, 3.05) is 13.1 Å². The van der Waals surface area contributed by atoms with Crippen molar-refractivity contribution in [3.8, 4) is 22.5 Å². The Hall–Kier alpha value is -4.26. The molecule has 6 nitrogen and oxygen atoms in total. The van der Waals surface area contributed by atoms with Crippen molar-refractivity contribution in [2.45, 2.75) is 32.4 Å². The van der Waals surface area contributed by atoms with Gasteiger partial charge >= 0.3 is 5.69 Å². The van der Waals surface area contributed by atoms with E-state index in [0.29, 0.717) is 5.02 Å². The Balaban J connectivity index is 1.10. The summed E-state index contributed by atoms with van der Waals surface area (Å²) in [4.78, 5) is 28.3. The first-order valence-corrected chi connectivity index (χ1v) is 14.4. The summed E-state index contributed by atoms with van der Waals surface area (Å²) in [7, 11) is 0. The number of fused-ring (bicyclic) bond motifs is 2. The van der Waals surface area contributed by atoms with Crippen LogP contribution in [0.1, 0.15) is 30.0 Å². The molecule has 1 aliphatic rings. The summed E-state index contributed by atoms with van der Waals surface area (Å²) in [5.41, 5.74) is 9.81. The molecule has 1 fully saturated rings. The molecule has 3 heterocycles. The normalized spacial score (nSPS) is 14.7. The quantitative estimate of drug-likeness (QED) is 0.239. The molecule has 1 saturated heterocycles. The molecule has 0 radical (unpaired) electrons. The highest BCUT2D eigenvalue weighted by atomic mass is 35.5. The Bertz CT molecular complexity index is 1920. The Labute approximate surface area is 243 Å². The first-order valence-electron chi connectivity index (χ1n) is 14.1. The maximum atomic E-state index is 12.7. The van der Waals surface area contributed by atoms with Crippen LogP contribution in [-0.2, 0) is 6.54 Å². The van der Waals surface area contributed by atoms with E-state index in [4.69, 9.17) is 21.6 Å². The van der Waals surface area contributed by atoms with Crippen molar-refractivity contribution < 1.29 is 0 Å². The first-order chi connectivity index (χ1) is 20.0. The second-order valence-electron chi connectivity index (χ2n) is 10.9. The highest BCUT2D eigenvalue weighted by molar-refractivity contribution is 6.31. The van der Waals surface area contributed by atoms with Crippen molar-refractivity contribution >= 4 is 33.7 Å². The molecule has 1 aliphatic heterocycles. The van der Waals surface area contributed by atoms with Gasteiger partial charge in [-0.3, -0.25) is 9.47 Å². The van der Waals surface area contributed by atoms with Crippen LogP contribution in [0.3, 0.4) is 0 Å². The molecular weight excluding hydrogens is 530 g/mol. The lowest BCUT2D eigenvalue weighted by atomic mass is 10.0. The molecule has 1 N–H and O–H groups in total. The second kappa shape index (κ2) is 10.6. The van der Waals surface area contributed by atoms with Gasteiger partial charge in [0.2, 0.25) is 0 Å². The van der Waals surface area contributed by atoms with E-state index in [9.17, 15) is 4.79 Å². The number of nitrogens with one attached hydrogen (secondary N) is 1. The fourth-order valence-electron chi connectivity index (χ4n) is 5.99. The predicted octanol–water partition coefficient (Wildman–Crippen LogP) is 7.41. The Morgan fingerprint density at radius 1 is 0.829 bits per heavy atom. The smallest absolute Gasteiger partial charge is 0.305 e. The molecule has 0 amide bonds. The Morgan fingerprint density at radius 2 is 1.54 bits per heavy atom. The van der Waals surface area contributed by atoms with Crippen molar-refractivity contribution in [1.82, 2.24) is 24.4 Å². The van der Waals surface area contributed by atoms with E-state index < -0.39 is 0 Å². The average Bonchev–Trinajstić information content (AvgIpc) is 3.32. The van der Waals surface area contributed by atoms with Crippen molar-refractivity contribution in [2.24, 2.45) is 0 Å². The minimum absolute atomic E-state index is 0.0573. The average molecular weight is 560 g/mol. The van der Waals surface area contributed by atoms with Gasteiger partial charge < -0.3 is 4.98 Å². The van der Waals surface area contributed by atoms with Crippen molar-refractivity contribution in [3.63, 3.8) is 0 Å². The number of aromatic nitrogens is 4. The van der Waals surface area contributed by atoms with Crippen LogP contribution in [0, 0.1) is 6.92 Å². The van der Waals surface area contributed by atoms with Gasteiger partial charge in [0.1, 0.15) is 0 Å². The van der Waals surface area contributed by atoms with Crippen LogP contribution in [0.5, 0.6) is 0 Å². The zero-order valence-electron chi connectivity index (χ0n) is 22.8. The molecule has 4 aromatic carbocycles. The van der Waals surface area contributed by atoms with Gasteiger partial charge in [0.15, 0.2) is 0 Å². The van der Waals surface area contributed by atoms with Gasteiger partial charge in [0.25, 0.3) is 0 Å². The number of halogens is 1. The van der Waals surface area contributed by atoms with Gasteiger partial charge in [-0.15, -0.1) is 0 Å². The molecule has 2 aromatic heterocycles. The third-order valence-electron chi connectivity index (χ3n) is 8.10. The number of hydrogen-bond acceptors (Lipinski definition) is 4. The molecular formula is C34H30ClN5O. The summed E-state index contributed by atoms with van der Waals surface area (Å²) >= 11 is 6.13. The molecule has 0 saturated carbocycles. The van der Waals surface area contributed by atoms with Gasteiger partial charge in [0, 0.05) is 41.8 Å². The van der Waals surface area contributed by atoms with Crippen LogP contribution < -0.4 is 5.69 Å². The maximum Gasteiger partial charge on any atom is 0.326 e. The van der Waals surface area contributed by atoms with Crippen LogP contribution in [0.4, 0.5) is 0 Å². The van der Waals surface area contributed by atoms with Crippen molar-refractivity contribution in [3.05, 3.63) is 118 Å². The standard InChI is InChI=1S/C34H30ClN5O/c1-22-7-13-28-29(19-22)37-32(24-5-3-2-4-6-24)33(36-28)25-10-8-23(9-11-25)21-39-17-15-27(16-18-39)40-31-14-12-26(35)20-30(31)38-34(40)41/h2-14,19-20,27H,15-18,21H2,1H3,(H,38,41). The highest BCUT2D eigenvalue weighted by Gasteiger charge is 2.24. The van der Waals surface area contributed by atoms with E-state index in [0.717, 1.165) is 77.1 Å². The van der Waals surface area contributed by atoms with Crippen LogP contribution in [-0.4, -0.2) is 37.5 Å². The third-order valence-corrected chi connectivity index (χ3v) is 8.34. The second-order valence-corrected chi connectivity index (χ2v) is 11.4. The number of rotatable bonds is 5. The molecule has 0 atom stereocenters. The van der Waals surface area contributed by atoms with Crippen LogP contribution >= 0.6 is 11.6 Å². The fraction of sp³-hybridized carbons (Fsp3) is 0.206. The monoisotopic (exact) mass is 559 g/mol. The van der Waals surface area contributed by atoms with E-state index >= 15 is 0 Å². The lowest BCUT2D eigenvalue weighted by Crippen LogP contribution is -2.36. The minimum Gasteiger partial charge on any atom is -0.305 e. The third kappa shape index (κ3) is 5.05. The zero-order chi connectivity index (χ0) is 27.9. The Morgan fingerprint density at radius 3 is 2.29 bits per heavy atom. The molecule has 0 unspecified atom stereocenters. The van der Waals surface area contributed by atoms with Crippen LogP contribution in [0.15, 0.2) is 95.8 Å². The summed E-state index contributed by atoms with van der Waals surface area (Å²) in [5.74, 6) is 0. The predicted molar refractivity (Wildman–Crippen MR) is 166 cm³/mol. The number of aryl methyl sites for hydroxylation is 1. The highest BCUT2D eigenvalue weighted by Crippen LogP contribution is 2.32. The lowest BCUT2D eigenvalue weighted by molar-refractivity contribution is 0.180. The largest absolute Gasteiger partial charge is 0.326 e. The first kappa shape index (κ1) is 25.7. The number of benzene rings is 4. The maximum absolute atomic E-state index is 12.7. The summed E-state index contributed by atoms with van der Waals surface area (Å²) in [6.45, 7) is 4.83. The van der Waals surface area contributed by atoms with Gasteiger partial charge in [0.05, 0.1) is 33.5 Å². The van der Waals surface area contributed by atoms with E-state index in [1.54, 1.807) is 0 Å². The number of hydrogen-bond donors (Lipinski definition) is 1. The number of likely N-dealkylation sites (tertiary alicyclic amines) is 1. The van der Waals surface area contributed by atoms with Gasteiger partial charge in [-0.1, -0.05) is 72.3 Å². The number of piperidine rings is 1. The molecule has 41 heavy (non-hydrogen) atoms. The summed E-state index contributed by atoms with van der Waals surface area (Å²) in [6.07, 6.45) is 1.86. The number of imidazole rings is 1. The molecule has 7 heteroatoms. The summed E-state index contributed by atoms with van der Waals surface area (Å²) in [6, 6.07) is 31.0. The molecule has 204 valence electrons. The number of aromatic amines is 1. The fourth-order valence-corrected chi connectivity index (χ4v) is 6.16. The molecule has 7 rings (SSSR count). The van der Waals surface area contributed by atoms with Crippen LogP contribution in [0.25, 0.3) is 44.6 Å². The summed E-state index contributed by atoms with van der Waals surface area (Å²) < 4.78 is 1.91. The minimum atomic E-state index is -0.0573. The Kier molecular flexibility index (Phi) is 6.65. The van der Waals surface area contributed by atoms with Crippen LogP contribution in [0.2, 0.25) is 5.02 Å². The van der Waals surface area contributed by atoms with E-state index in [2.05, 4.69) is 65.3 Å². The molecule has 0 spiro atoms. The van der Waals surface area contributed by atoms with E-state index in [1.807, 2.05) is 47.0 Å². The van der Waals surface area contributed by atoms with E-state index in [-0.39, 0.29) is 11.7 Å². The van der Waals surface area contributed by atoms with Gasteiger partial charge in [-0.2, -0.15) is 0 Å². The summed E-state index contributed by atoms with van der Waals surface area (Å²) in [5, 5.41) is 0.630. The van der Waals surface area contributed by atoms with E-state index in [1.165, 1.54) is 11.1 Å². The van der Waals surface area contributed by atoms with Gasteiger partial charge in [-0.25, -0.2) is 14.8 Å². The molecule has 0 bridgehead atoms. The molecule has 6 aromatic rings.